The molecule has 0 unspecified atom stereocenters. The number of anilines is 1. The quantitative estimate of drug-likeness (QED) is 0.831. The van der Waals surface area contributed by atoms with Gasteiger partial charge >= 0.3 is 0 Å². The molecule has 0 bridgehead atoms. The fourth-order valence-electron chi connectivity index (χ4n) is 2.67. The van der Waals surface area contributed by atoms with Crippen molar-refractivity contribution >= 4 is 16.7 Å². The molecule has 3 rings (SSSR count). The normalized spacial score (nSPS) is 16.0. The third kappa shape index (κ3) is 3.72. The summed E-state index contributed by atoms with van der Waals surface area (Å²) in [7, 11) is 0. The van der Waals surface area contributed by atoms with Crippen molar-refractivity contribution in [2.75, 3.05) is 38.2 Å². The molecule has 0 aliphatic carbocycles. The van der Waals surface area contributed by atoms with Gasteiger partial charge in [-0.3, -0.25) is 4.90 Å². The van der Waals surface area contributed by atoms with Crippen LogP contribution in [0.1, 0.15) is 25.6 Å². The van der Waals surface area contributed by atoms with Crippen molar-refractivity contribution < 1.29 is 4.74 Å². The Balaban J connectivity index is 1.83. The van der Waals surface area contributed by atoms with Crippen LogP contribution in [0.5, 0.6) is 0 Å². The second-order valence-electron chi connectivity index (χ2n) is 5.67. The molecule has 118 valence electrons. The van der Waals surface area contributed by atoms with E-state index in [0.29, 0.717) is 0 Å². The monoisotopic (exact) mass is 300 g/mol. The molecule has 1 aliphatic heterocycles. The molecule has 2 aromatic rings. The summed E-state index contributed by atoms with van der Waals surface area (Å²) < 4.78 is 5.40. The van der Waals surface area contributed by atoms with E-state index < -0.39 is 0 Å². The summed E-state index contributed by atoms with van der Waals surface area (Å²) in [6.07, 6.45) is 2.33. The number of hydrogen-bond acceptors (Lipinski definition) is 5. The highest BCUT2D eigenvalue weighted by molar-refractivity contribution is 5.88. The van der Waals surface area contributed by atoms with E-state index in [1.165, 1.54) is 6.42 Å². The molecule has 1 fully saturated rings. The molecule has 0 saturated carbocycles. The van der Waals surface area contributed by atoms with Crippen molar-refractivity contribution in [1.82, 2.24) is 14.9 Å². The van der Waals surface area contributed by atoms with Crippen molar-refractivity contribution in [3.8, 4) is 0 Å². The fourth-order valence-corrected chi connectivity index (χ4v) is 2.67. The molecule has 0 atom stereocenters. The second kappa shape index (κ2) is 7.51. The molecule has 1 aromatic carbocycles. The highest BCUT2D eigenvalue weighted by atomic mass is 16.5. The molecule has 0 spiro atoms. The minimum atomic E-state index is 0.788. The zero-order chi connectivity index (χ0) is 15.2. The average Bonchev–Trinajstić information content (AvgIpc) is 2.56. The van der Waals surface area contributed by atoms with Gasteiger partial charge in [0.1, 0.15) is 11.6 Å². The maximum atomic E-state index is 5.40. The van der Waals surface area contributed by atoms with E-state index in [9.17, 15) is 0 Å². The summed E-state index contributed by atoms with van der Waals surface area (Å²) >= 11 is 0. The van der Waals surface area contributed by atoms with Gasteiger partial charge in [0, 0.05) is 25.0 Å². The highest BCUT2D eigenvalue weighted by Crippen LogP contribution is 2.20. The number of morpholine rings is 1. The summed E-state index contributed by atoms with van der Waals surface area (Å²) in [5.41, 5.74) is 1.01. The summed E-state index contributed by atoms with van der Waals surface area (Å²) in [5.74, 6) is 1.85. The highest BCUT2D eigenvalue weighted by Gasteiger charge is 2.14. The number of fused-ring (bicyclic) bond motifs is 1. The first-order chi connectivity index (χ1) is 10.9. The van der Waals surface area contributed by atoms with Gasteiger partial charge in [0.25, 0.3) is 0 Å². The van der Waals surface area contributed by atoms with Crippen molar-refractivity contribution in [1.29, 1.82) is 0 Å². The Morgan fingerprint density at radius 3 is 2.82 bits per heavy atom. The van der Waals surface area contributed by atoms with E-state index in [-0.39, 0.29) is 0 Å². The van der Waals surface area contributed by atoms with Crippen molar-refractivity contribution in [3.05, 3.63) is 30.1 Å². The molecular formula is C17H24N4O. The maximum Gasteiger partial charge on any atom is 0.145 e. The number of rotatable bonds is 6. The van der Waals surface area contributed by atoms with Gasteiger partial charge in [-0.1, -0.05) is 25.5 Å². The van der Waals surface area contributed by atoms with Crippen LogP contribution in [0.2, 0.25) is 0 Å². The van der Waals surface area contributed by atoms with Gasteiger partial charge < -0.3 is 10.1 Å². The standard InChI is InChI=1S/C17H24N4O/c1-2-3-8-18-17-14-6-4-5-7-15(14)19-16(20-17)13-21-9-11-22-12-10-21/h4-7H,2-3,8-13H2,1H3,(H,18,19,20). The van der Waals surface area contributed by atoms with Crippen LogP contribution < -0.4 is 5.32 Å². The Morgan fingerprint density at radius 1 is 1.18 bits per heavy atom. The Hall–Kier alpha value is -1.72. The van der Waals surface area contributed by atoms with Crippen LogP contribution in [-0.4, -0.2) is 47.7 Å². The molecule has 1 N–H and O–H groups in total. The van der Waals surface area contributed by atoms with Gasteiger partial charge in [0.15, 0.2) is 0 Å². The van der Waals surface area contributed by atoms with Gasteiger partial charge in [0.05, 0.1) is 25.3 Å². The number of nitrogens with zero attached hydrogens (tertiary/aromatic N) is 3. The van der Waals surface area contributed by atoms with Crippen molar-refractivity contribution in [2.45, 2.75) is 26.3 Å². The predicted octanol–water partition coefficient (Wildman–Crippen LogP) is 2.67. The smallest absolute Gasteiger partial charge is 0.145 e. The number of para-hydroxylation sites is 1. The molecule has 1 aromatic heterocycles. The van der Waals surface area contributed by atoms with Crippen LogP contribution in [0.4, 0.5) is 5.82 Å². The largest absolute Gasteiger partial charge is 0.379 e. The molecule has 1 aliphatic rings. The molecule has 1 saturated heterocycles. The number of unbranched alkanes of at least 4 members (excludes halogenated alkanes) is 1. The molecule has 5 heteroatoms. The first-order valence-electron chi connectivity index (χ1n) is 8.16. The third-order valence-electron chi connectivity index (χ3n) is 3.94. The van der Waals surface area contributed by atoms with Gasteiger partial charge in [-0.2, -0.15) is 0 Å². The Morgan fingerprint density at radius 2 is 2.00 bits per heavy atom. The van der Waals surface area contributed by atoms with E-state index in [1.54, 1.807) is 0 Å². The molecule has 2 heterocycles. The average molecular weight is 300 g/mol. The third-order valence-corrected chi connectivity index (χ3v) is 3.94. The number of aromatic nitrogens is 2. The van der Waals surface area contributed by atoms with Gasteiger partial charge in [-0.15, -0.1) is 0 Å². The summed E-state index contributed by atoms with van der Waals surface area (Å²) in [5, 5.41) is 4.57. The van der Waals surface area contributed by atoms with E-state index in [1.807, 2.05) is 12.1 Å². The summed E-state index contributed by atoms with van der Waals surface area (Å²) in [6.45, 7) is 7.45. The van der Waals surface area contributed by atoms with Crippen molar-refractivity contribution in [2.24, 2.45) is 0 Å². The van der Waals surface area contributed by atoms with E-state index in [2.05, 4.69) is 29.3 Å². The predicted molar refractivity (Wildman–Crippen MR) is 89.0 cm³/mol. The molecule has 22 heavy (non-hydrogen) atoms. The van der Waals surface area contributed by atoms with Gasteiger partial charge in [-0.05, 0) is 18.6 Å². The lowest BCUT2D eigenvalue weighted by Crippen LogP contribution is -2.36. The number of benzene rings is 1. The van der Waals surface area contributed by atoms with Gasteiger partial charge in [0.2, 0.25) is 0 Å². The lowest BCUT2D eigenvalue weighted by atomic mass is 10.2. The summed E-state index contributed by atoms with van der Waals surface area (Å²) in [6, 6.07) is 8.22. The number of hydrogen-bond donors (Lipinski definition) is 1. The molecule has 0 radical (unpaired) electrons. The maximum absolute atomic E-state index is 5.40. The number of nitrogens with one attached hydrogen (secondary N) is 1. The first kappa shape index (κ1) is 15.2. The fraction of sp³-hybridized carbons (Fsp3) is 0.529. The van der Waals surface area contributed by atoms with Gasteiger partial charge in [-0.25, -0.2) is 9.97 Å². The van der Waals surface area contributed by atoms with E-state index in [0.717, 1.165) is 68.4 Å². The first-order valence-corrected chi connectivity index (χ1v) is 8.16. The second-order valence-corrected chi connectivity index (χ2v) is 5.67. The minimum absolute atomic E-state index is 0.788. The van der Waals surface area contributed by atoms with E-state index in [4.69, 9.17) is 14.7 Å². The van der Waals surface area contributed by atoms with Crippen LogP contribution in [0.15, 0.2) is 24.3 Å². The number of ether oxygens (including phenoxy) is 1. The molecule has 5 nitrogen and oxygen atoms in total. The lowest BCUT2D eigenvalue weighted by Gasteiger charge is -2.26. The molecule has 0 amide bonds. The van der Waals surface area contributed by atoms with E-state index >= 15 is 0 Å². The van der Waals surface area contributed by atoms with Crippen LogP contribution in [0, 0.1) is 0 Å². The van der Waals surface area contributed by atoms with Crippen LogP contribution in [0.25, 0.3) is 10.9 Å². The minimum Gasteiger partial charge on any atom is -0.379 e. The van der Waals surface area contributed by atoms with Crippen molar-refractivity contribution in [3.63, 3.8) is 0 Å². The Kier molecular flexibility index (Phi) is 5.19. The zero-order valence-corrected chi connectivity index (χ0v) is 13.2. The topological polar surface area (TPSA) is 50.3 Å². The molecular weight excluding hydrogens is 276 g/mol. The van der Waals surface area contributed by atoms with Crippen LogP contribution >= 0.6 is 0 Å². The Labute approximate surface area is 131 Å². The lowest BCUT2D eigenvalue weighted by molar-refractivity contribution is 0.0331. The summed E-state index contributed by atoms with van der Waals surface area (Å²) in [4.78, 5) is 11.8. The SMILES string of the molecule is CCCCNc1nc(CN2CCOCC2)nc2ccccc12. The Bertz CT molecular complexity index is 611. The van der Waals surface area contributed by atoms with Crippen LogP contribution in [-0.2, 0) is 11.3 Å². The van der Waals surface area contributed by atoms with Crippen LogP contribution in [0.3, 0.4) is 0 Å². The zero-order valence-electron chi connectivity index (χ0n) is 13.2.